The van der Waals surface area contributed by atoms with Crippen molar-refractivity contribution in [1.82, 2.24) is 4.90 Å². The molecule has 0 bridgehead atoms. The van der Waals surface area contributed by atoms with Crippen molar-refractivity contribution in [2.45, 2.75) is 13.0 Å². The van der Waals surface area contributed by atoms with E-state index in [4.69, 9.17) is 14.6 Å². The summed E-state index contributed by atoms with van der Waals surface area (Å²) in [5.41, 5.74) is 0.861. The van der Waals surface area contributed by atoms with E-state index in [1.807, 2.05) is 18.2 Å². The highest BCUT2D eigenvalue weighted by atomic mass is 16.5. The Balaban J connectivity index is 2.21. The summed E-state index contributed by atoms with van der Waals surface area (Å²) in [6, 6.07) is 5.55. The first-order valence-electron chi connectivity index (χ1n) is 6.28. The molecule has 1 unspecified atom stereocenters. The maximum atomic E-state index is 11.9. The molecule has 1 fully saturated rings. The van der Waals surface area contributed by atoms with Crippen LogP contribution >= 0.6 is 0 Å². The van der Waals surface area contributed by atoms with E-state index in [-0.39, 0.29) is 18.4 Å². The molecule has 1 aromatic rings. The maximum Gasteiger partial charge on any atom is 0.223 e. The molecule has 1 aromatic carbocycles. The lowest BCUT2D eigenvalue weighted by atomic mass is 10.1. The van der Waals surface area contributed by atoms with Gasteiger partial charge in [0.15, 0.2) is 0 Å². The van der Waals surface area contributed by atoms with Gasteiger partial charge in [-0.05, 0) is 12.1 Å². The second kappa shape index (κ2) is 5.93. The average molecular weight is 265 g/mol. The molecule has 5 heteroatoms. The zero-order chi connectivity index (χ0) is 13.8. The van der Waals surface area contributed by atoms with Gasteiger partial charge >= 0.3 is 0 Å². The van der Waals surface area contributed by atoms with Gasteiger partial charge < -0.3 is 19.5 Å². The van der Waals surface area contributed by atoms with E-state index in [1.165, 1.54) is 0 Å². The van der Waals surface area contributed by atoms with Crippen LogP contribution in [-0.4, -0.2) is 43.3 Å². The van der Waals surface area contributed by atoms with Gasteiger partial charge in [0.05, 0.1) is 26.3 Å². The van der Waals surface area contributed by atoms with E-state index in [1.54, 1.807) is 19.1 Å². The predicted molar refractivity (Wildman–Crippen MR) is 70.2 cm³/mol. The molecule has 1 atom stereocenters. The number of likely N-dealkylation sites (tertiary alicyclic amines) is 1. The molecule has 0 aliphatic carbocycles. The van der Waals surface area contributed by atoms with Gasteiger partial charge in [0.25, 0.3) is 0 Å². The molecular weight excluding hydrogens is 246 g/mol. The van der Waals surface area contributed by atoms with Crippen LogP contribution in [0.15, 0.2) is 18.2 Å². The van der Waals surface area contributed by atoms with E-state index in [2.05, 4.69) is 0 Å². The van der Waals surface area contributed by atoms with Crippen LogP contribution in [0.1, 0.15) is 12.0 Å². The fraction of sp³-hybridized carbons (Fsp3) is 0.500. The number of hydrogen-bond donors (Lipinski definition) is 1. The van der Waals surface area contributed by atoms with Crippen LogP contribution in [-0.2, 0) is 11.3 Å². The molecule has 0 radical (unpaired) electrons. The van der Waals surface area contributed by atoms with Crippen molar-refractivity contribution in [2.24, 2.45) is 5.92 Å². The Labute approximate surface area is 112 Å². The summed E-state index contributed by atoms with van der Waals surface area (Å²) in [4.78, 5) is 13.6. The van der Waals surface area contributed by atoms with E-state index in [0.717, 1.165) is 5.56 Å². The highest BCUT2D eigenvalue weighted by Gasteiger charge is 2.30. The van der Waals surface area contributed by atoms with Crippen LogP contribution in [0.4, 0.5) is 0 Å². The number of carbonyl (C=O) groups excluding carboxylic acids is 1. The molecule has 1 saturated heterocycles. The Morgan fingerprint density at radius 1 is 1.32 bits per heavy atom. The highest BCUT2D eigenvalue weighted by Crippen LogP contribution is 2.31. The maximum absolute atomic E-state index is 11.9. The number of benzene rings is 1. The number of methoxy groups -OCH3 is 2. The summed E-state index contributed by atoms with van der Waals surface area (Å²) in [5, 5.41) is 9.14. The van der Waals surface area contributed by atoms with E-state index in [9.17, 15) is 4.79 Å². The molecule has 5 nitrogen and oxygen atoms in total. The van der Waals surface area contributed by atoms with E-state index >= 15 is 0 Å². The second-order valence-corrected chi connectivity index (χ2v) is 4.67. The van der Waals surface area contributed by atoms with Gasteiger partial charge in [-0.1, -0.05) is 6.07 Å². The van der Waals surface area contributed by atoms with Gasteiger partial charge in [-0.25, -0.2) is 0 Å². The molecule has 1 aliphatic rings. The number of ether oxygens (including phenoxy) is 2. The van der Waals surface area contributed by atoms with Crippen molar-refractivity contribution < 1.29 is 19.4 Å². The Morgan fingerprint density at radius 2 is 1.95 bits per heavy atom. The third-order valence-electron chi connectivity index (χ3n) is 3.43. The van der Waals surface area contributed by atoms with Crippen LogP contribution in [0, 0.1) is 5.92 Å². The minimum Gasteiger partial charge on any atom is -0.496 e. The zero-order valence-corrected chi connectivity index (χ0v) is 11.3. The quantitative estimate of drug-likeness (QED) is 0.864. The summed E-state index contributed by atoms with van der Waals surface area (Å²) in [5.74, 6) is 1.51. The molecule has 0 saturated carbocycles. The Hall–Kier alpha value is -1.75. The molecule has 104 valence electrons. The molecule has 1 heterocycles. The van der Waals surface area contributed by atoms with Crippen molar-refractivity contribution in [3.63, 3.8) is 0 Å². The highest BCUT2D eigenvalue weighted by molar-refractivity contribution is 5.78. The second-order valence-electron chi connectivity index (χ2n) is 4.67. The van der Waals surface area contributed by atoms with Crippen molar-refractivity contribution in [1.29, 1.82) is 0 Å². The van der Waals surface area contributed by atoms with Gasteiger partial charge in [0, 0.05) is 25.5 Å². The van der Waals surface area contributed by atoms with Crippen LogP contribution in [0.5, 0.6) is 11.5 Å². The lowest BCUT2D eigenvalue weighted by molar-refractivity contribution is -0.128. The van der Waals surface area contributed by atoms with Crippen molar-refractivity contribution in [2.75, 3.05) is 27.4 Å². The molecular formula is C14H19NO4. The van der Waals surface area contributed by atoms with Gasteiger partial charge in [-0.3, -0.25) is 4.79 Å². The molecule has 1 N–H and O–H groups in total. The normalized spacial score (nSPS) is 18.8. The Morgan fingerprint density at radius 3 is 2.42 bits per heavy atom. The molecule has 19 heavy (non-hydrogen) atoms. The number of nitrogens with zero attached hydrogens (tertiary/aromatic N) is 1. The van der Waals surface area contributed by atoms with Crippen LogP contribution in [0.25, 0.3) is 0 Å². The van der Waals surface area contributed by atoms with Crippen molar-refractivity contribution >= 4 is 5.91 Å². The van der Waals surface area contributed by atoms with Gasteiger partial charge in [-0.15, -0.1) is 0 Å². The summed E-state index contributed by atoms with van der Waals surface area (Å²) in [7, 11) is 3.20. The lowest BCUT2D eigenvalue weighted by Gasteiger charge is -2.20. The van der Waals surface area contributed by atoms with E-state index in [0.29, 0.717) is 31.0 Å². The average Bonchev–Trinajstić information content (AvgIpc) is 2.79. The number of hydrogen-bond acceptors (Lipinski definition) is 4. The first-order chi connectivity index (χ1) is 9.19. The first-order valence-corrected chi connectivity index (χ1v) is 6.28. The molecule has 1 amide bonds. The summed E-state index contributed by atoms with van der Waals surface area (Å²) >= 11 is 0. The number of rotatable bonds is 5. The number of carbonyl (C=O) groups is 1. The van der Waals surface area contributed by atoms with Gasteiger partial charge in [0.1, 0.15) is 11.5 Å². The minimum atomic E-state index is 0.0354. The van der Waals surface area contributed by atoms with Crippen molar-refractivity contribution in [3.05, 3.63) is 23.8 Å². The fourth-order valence-corrected chi connectivity index (χ4v) is 2.40. The monoisotopic (exact) mass is 265 g/mol. The predicted octanol–water partition coefficient (Wildman–Crippen LogP) is 1.04. The molecule has 1 aliphatic heterocycles. The first kappa shape index (κ1) is 13.7. The minimum absolute atomic E-state index is 0.0354. The summed E-state index contributed by atoms with van der Waals surface area (Å²) in [6.45, 7) is 1.07. The van der Waals surface area contributed by atoms with Crippen LogP contribution in [0.3, 0.4) is 0 Å². The SMILES string of the molecule is COc1cccc(OC)c1CN1CC(CO)CC1=O. The number of aliphatic hydroxyl groups excluding tert-OH is 1. The molecule has 2 rings (SSSR count). The fourth-order valence-electron chi connectivity index (χ4n) is 2.40. The standard InChI is InChI=1S/C14H19NO4/c1-18-12-4-3-5-13(19-2)11(12)8-15-7-10(9-16)6-14(15)17/h3-5,10,16H,6-9H2,1-2H3. The largest absolute Gasteiger partial charge is 0.496 e. The van der Waals surface area contributed by atoms with Gasteiger partial charge in [0.2, 0.25) is 5.91 Å². The van der Waals surface area contributed by atoms with Crippen LogP contribution < -0.4 is 9.47 Å². The number of amides is 1. The van der Waals surface area contributed by atoms with Gasteiger partial charge in [-0.2, -0.15) is 0 Å². The molecule has 0 spiro atoms. The summed E-state index contributed by atoms with van der Waals surface area (Å²) < 4.78 is 10.6. The number of aliphatic hydroxyl groups is 1. The lowest BCUT2D eigenvalue weighted by Crippen LogP contribution is -2.25. The van der Waals surface area contributed by atoms with Crippen LogP contribution in [0.2, 0.25) is 0 Å². The Kier molecular flexibility index (Phi) is 4.27. The smallest absolute Gasteiger partial charge is 0.223 e. The Bertz CT molecular complexity index is 439. The topological polar surface area (TPSA) is 59.0 Å². The molecule has 0 aromatic heterocycles. The third-order valence-corrected chi connectivity index (χ3v) is 3.43. The van der Waals surface area contributed by atoms with Crippen molar-refractivity contribution in [3.8, 4) is 11.5 Å². The third kappa shape index (κ3) is 2.81. The van der Waals surface area contributed by atoms with E-state index < -0.39 is 0 Å². The summed E-state index contributed by atoms with van der Waals surface area (Å²) in [6.07, 6.45) is 0.411. The zero-order valence-electron chi connectivity index (χ0n) is 11.3.